The lowest BCUT2D eigenvalue weighted by Crippen LogP contribution is -2.24. The molecule has 0 aliphatic carbocycles. The van der Waals surface area contributed by atoms with Gasteiger partial charge in [0.05, 0.1) is 12.2 Å². The Hall–Kier alpha value is -2.43. The summed E-state index contributed by atoms with van der Waals surface area (Å²) in [5, 5.41) is 3.05. The molecule has 0 saturated heterocycles. The molecule has 0 radical (unpaired) electrons. The third-order valence-corrected chi connectivity index (χ3v) is 5.06. The molecular formula is C22H30N2O3. The predicted octanol–water partition coefficient (Wildman–Crippen LogP) is 4.34. The maximum Gasteiger partial charge on any atom is 0.253 e. The van der Waals surface area contributed by atoms with Gasteiger partial charge in [0, 0.05) is 41.5 Å². The molecule has 5 nitrogen and oxygen atoms in total. The topological polar surface area (TPSA) is 52.5 Å². The van der Waals surface area contributed by atoms with Crippen molar-refractivity contribution >= 4 is 5.91 Å². The van der Waals surface area contributed by atoms with E-state index >= 15 is 0 Å². The Morgan fingerprint density at radius 1 is 1.33 bits per heavy atom. The molecule has 146 valence electrons. The van der Waals surface area contributed by atoms with Gasteiger partial charge in [-0.1, -0.05) is 0 Å². The number of aryl methyl sites for hydroxylation is 1. The molecule has 0 saturated carbocycles. The van der Waals surface area contributed by atoms with E-state index in [-0.39, 0.29) is 12.0 Å². The number of nitrogens with zero attached hydrogens (tertiary/aromatic N) is 1. The highest BCUT2D eigenvalue weighted by molar-refractivity contribution is 5.95. The number of amides is 1. The van der Waals surface area contributed by atoms with Crippen LogP contribution in [0.4, 0.5) is 0 Å². The van der Waals surface area contributed by atoms with Gasteiger partial charge in [-0.3, -0.25) is 4.79 Å². The molecule has 2 heterocycles. The molecule has 0 bridgehead atoms. The van der Waals surface area contributed by atoms with E-state index in [2.05, 4.69) is 36.7 Å². The van der Waals surface area contributed by atoms with Crippen molar-refractivity contribution in [3.63, 3.8) is 0 Å². The first kappa shape index (κ1) is 19.3. The van der Waals surface area contributed by atoms with Crippen LogP contribution in [-0.2, 0) is 13.0 Å². The molecule has 0 unspecified atom stereocenters. The van der Waals surface area contributed by atoms with Crippen molar-refractivity contribution in [1.82, 2.24) is 9.88 Å². The molecule has 1 N–H and O–H groups in total. The number of nitrogens with one attached hydrogen (secondary N) is 1. The summed E-state index contributed by atoms with van der Waals surface area (Å²) in [5.74, 6) is 1.65. The Kier molecular flexibility index (Phi) is 5.49. The molecule has 1 aliphatic heterocycles. The quantitative estimate of drug-likeness (QED) is 0.823. The van der Waals surface area contributed by atoms with E-state index in [9.17, 15) is 4.79 Å². The molecule has 5 heteroatoms. The van der Waals surface area contributed by atoms with Gasteiger partial charge in [0.15, 0.2) is 0 Å². The molecule has 1 aliphatic rings. The van der Waals surface area contributed by atoms with E-state index in [0.717, 1.165) is 40.4 Å². The molecular weight excluding hydrogens is 340 g/mol. The van der Waals surface area contributed by atoms with E-state index in [1.54, 1.807) is 0 Å². The number of rotatable bonds is 6. The summed E-state index contributed by atoms with van der Waals surface area (Å²) in [5.41, 5.74) is 4.93. The lowest BCUT2D eigenvalue weighted by molar-refractivity contribution is 0.0950. The van der Waals surface area contributed by atoms with Crippen LogP contribution in [0.1, 0.15) is 66.6 Å². The standard InChI is InChI=1S/C22H30N2O3/c1-7-26-20-10-17-9-15(5)27-21(17)11-18(20)12-23-22(25)19-8-14(4)24(13(2)3)16(19)6/h8,10-11,13,15H,7,9,12H2,1-6H3,(H,23,25)/t15-/m1/s1. The fraction of sp³-hybridized carbons (Fsp3) is 0.500. The Morgan fingerprint density at radius 2 is 2.07 bits per heavy atom. The number of aromatic nitrogens is 1. The number of carbonyl (C=O) groups is 1. The van der Waals surface area contributed by atoms with Crippen LogP contribution in [0.15, 0.2) is 18.2 Å². The molecule has 1 atom stereocenters. The number of carbonyl (C=O) groups excluding carboxylic acids is 1. The third kappa shape index (κ3) is 3.82. The highest BCUT2D eigenvalue weighted by Crippen LogP contribution is 2.35. The summed E-state index contributed by atoms with van der Waals surface area (Å²) in [6.07, 6.45) is 1.07. The fourth-order valence-corrected chi connectivity index (χ4v) is 3.98. The summed E-state index contributed by atoms with van der Waals surface area (Å²) < 4.78 is 13.9. The lowest BCUT2D eigenvalue weighted by atomic mass is 10.1. The van der Waals surface area contributed by atoms with Crippen molar-refractivity contribution in [3.8, 4) is 11.5 Å². The maximum absolute atomic E-state index is 12.8. The van der Waals surface area contributed by atoms with E-state index in [4.69, 9.17) is 9.47 Å². The van der Waals surface area contributed by atoms with Crippen LogP contribution in [0.3, 0.4) is 0 Å². The largest absolute Gasteiger partial charge is 0.494 e. The zero-order valence-corrected chi connectivity index (χ0v) is 17.2. The molecule has 1 amide bonds. The second kappa shape index (κ2) is 7.67. The number of fused-ring (bicyclic) bond motifs is 1. The maximum atomic E-state index is 12.8. The average molecular weight is 370 g/mol. The normalized spacial score (nSPS) is 15.6. The Labute approximate surface area is 161 Å². The van der Waals surface area contributed by atoms with Gasteiger partial charge in [-0.2, -0.15) is 0 Å². The van der Waals surface area contributed by atoms with Gasteiger partial charge in [-0.05, 0) is 59.7 Å². The van der Waals surface area contributed by atoms with E-state index < -0.39 is 0 Å². The Balaban J connectivity index is 1.80. The van der Waals surface area contributed by atoms with Crippen LogP contribution in [0.25, 0.3) is 0 Å². The van der Waals surface area contributed by atoms with Crippen LogP contribution in [0.5, 0.6) is 11.5 Å². The van der Waals surface area contributed by atoms with Gasteiger partial charge in [0.1, 0.15) is 17.6 Å². The van der Waals surface area contributed by atoms with Crippen LogP contribution >= 0.6 is 0 Å². The first-order chi connectivity index (χ1) is 12.8. The molecule has 0 fully saturated rings. The molecule has 27 heavy (non-hydrogen) atoms. The highest BCUT2D eigenvalue weighted by atomic mass is 16.5. The fourth-order valence-electron chi connectivity index (χ4n) is 3.98. The van der Waals surface area contributed by atoms with Gasteiger partial charge in [-0.25, -0.2) is 0 Å². The molecule has 0 spiro atoms. The van der Waals surface area contributed by atoms with Crippen molar-refractivity contribution in [2.75, 3.05) is 6.61 Å². The first-order valence-electron chi connectivity index (χ1n) is 9.73. The Bertz CT molecular complexity index is 852. The lowest BCUT2D eigenvalue weighted by Gasteiger charge is -2.15. The van der Waals surface area contributed by atoms with Gasteiger partial charge < -0.3 is 19.4 Å². The first-order valence-corrected chi connectivity index (χ1v) is 9.73. The number of ether oxygens (including phenoxy) is 2. The van der Waals surface area contributed by atoms with Gasteiger partial charge in [0.25, 0.3) is 5.91 Å². The Morgan fingerprint density at radius 3 is 2.70 bits per heavy atom. The minimum absolute atomic E-state index is 0.0627. The summed E-state index contributed by atoms with van der Waals surface area (Å²) >= 11 is 0. The smallest absolute Gasteiger partial charge is 0.253 e. The van der Waals surface area contributed by atoms with Crippen molar-refractivity contribution in [3.05, 3.63) is 46.3 Å². The summed E-state index contributed by atoms with van der Waals surface area (Å²) in [6.45, 7) is 13.3. The van der Waals surface area contributed by atoms with Crippen molar-refractivity contribution in [1.29, 1.82) is 0 Å². The van der Waals surface area contributed by atoms with Crippen LogP contribution < -0.4 is 14.8 Å². The molecule has 1 aromatic carbocycles. The summed E-state index contributed by atoms with van der Waals surface area (Å²) in [4.78, 5) is 12.8. The zero-order valence-electron chi connectivity index (χ0n) is 17.2. The minimum atomic E-state index is -0.0627. The molecule has 2 aromatic rings. The third-order valence-electron chi connectivity index (χ3n) is 5.06. The van der Waals surface area contributed by atoms with Crippen LogP contribution in [-0.4, -0.2) is 23.2 Å². The van der Waals surface area contributed by atoms with E-state index in [0.29, 0.717) is 19.2 Å². The van der Waals surface area contributed by atoms with Crippen molar-refractivity contribution in [2.45, 2.75) is 66.7 Å². The van der Waals surface area contributed by atoms with Crippen LogP contribution in [0.2, 0.25) is 0 Å². The second-order valence-corrected chi connectivity index (χ2v) is 7.56. The number of hydrogen-bond acceptors (Lipinski definition) is 3. The van der Waals surface area contributed by atoms with E-state index in [1.807, 2.05) is 32.9 Å². The van der Waals surface area contributed by atoms with Gasteiger partial charge in [-0.15, -0.1) is 0 Å². The second-order valence-electron chi connectivity index (χ2n) is 7.56. The van der Waals surface area contributed by atoms with Crippen molar-refractivity contribution in [2.24, 2.45) is 0 Å². The SMILES string of the molecule is CCOc1cc2c(cc1CNC(=O)c1cc(C)n(C(C)C)c1C)O[C@H](C)C2. The zero-order chi connectivity index (χ0) is 19.7. The minimum Gasteiger partial charge on any atom is -0.494 e. The molecule has 1 aromatic heterocycles. The molecule has 3 rings (SSSR count). The van der Waals surface area contributed by atoms with Crippen LogP contribution in [0, 0.1) is 13.8 Å². The monoisotopic (exact) mass is 370 g/mol. The summed E-state index contributed by atoms with van der Waals surface area (Å²) in [6, 6.07) is 6.34. The van der Waals surface area contributed by atoms with E-state index in [1.165, 1.54) is 5.56 Å². The highest BCUT2D eigenvalue weighted by Gasteiger charge is 2.23. The van der Waals surface area contributed by atoms with Gasteiger partial charge in [0.2, 0.25) is 0 Å². The number of benzene rings is 1. The van der Waals surface area contributed by atoms with Crippen molar-refractivity contribution < 1.29 is 14.3 Å². The number of hydrogen-bond donors (Lipinski definition) is 1. The predicted molar refractivity (Wildman–Crippen MR) is 107 cm³/mol. The average Bonchev–Trinajstić information content (AvgIpc) is 3.10. The summed E-state index contributed by atoms with van der Waals surface area (Å²) in [7, 11) is 0. The van der Waals surface area contributed by atoms with Gasteiger partial charge >= 0.3 is 0 Å².